The van der Waals surface area contributed by atoms with Gasteiger partial charge in [0, 0.05) is 25.3 Å². The van der Waals surface area contributed by atoms with Gasteiger partial charge in [-0.25, -0.2) is 0 Å². The van der Waals surface area contributed by atoms with E-state index in [1.807, 2.05) is 0 Å². The third-order valence-corrected chi connectivity index (χ3v) is 3.45. The van der Waals surface area contributed by atoms with Crippen molar-refractivity contribution < 1.29 is 4.74 Å². The molecule has 5 heteroatoms. The van der Waals surface area contributed by atoms with Crippen LogP contribution in [-0.4, -0.2) is 34.2 Å². The molecule has 1 heterocycles. The highest BCUT2D eigenvalue weighted by atomic mass is 32.2. The molecular formula is C10H17N3OS. The van der Waals surface area contributed by atoms with Gasteiger partial charge in [-0.1, -0.05) is 11.8 Å². The average molecular weight is 227 g/mol. The third-order valence-electron chi connectivity index (χ3n) is 2.52. The molecule has 0 amide bonds. The monoisotopic (exact) mass is 227 g/mol. The van der Waals surface area contributed by atoms with Crippen LogP contribution in [0.2, 0.25) is 0 Å². The van der Waals surface area contributed by atoms with Crippen LogP contribution in [0.5, 0.6) is 0 Å². The van der Waals surface area contributed by atoms with Gasteiger partial charge in [-0.15, -0.1) is 10.2 Å². The average Bonchev–Trinajstić information content (AvgIpc) is 3.01. The topological polar surface area (TPSA) is 39.9 Å². The molecule has 4 nitrogen and oxygen atoms in total. The van der Waals surface area contributed by atoms with Crippen molar-refractivity contribution in [1.29, 1.82) is 0 Å². The van der Waals surface area contributed by atoms with Crippen LogP contribution in [0.15, 0.2) is 5.16 Å². The molecule has 0 unspecified atom stereocenters. The summed E-state index contributed by atoms with van der Waals surface area (Å²) in [5.41, 5.74) is 0. The van der Waals surface area contributed by atoms with E-state index in [2.05, 4.69) is 21.7 Å². The van der Waals surface area contributed by atoms with Crippen molar-refractivity contribution in [1.82, 2.24) is 14.8 Å². The van der Waals surface area contributed by atoms with Gasteiger partial charge >= 0.3 is 0 Å². The van der Waals surface area contributed by atoms with Crippen molar-refractivity contribution in [3.63, 3.8) is 0 Å². The van der Waals surface area contributed by atoms with Gasteiger partial charge in [-0.3, -0.25) is 0 Å². The van der Waals surface area contributed by atoms with Crippen LogP contribution in [0.4, 0.5) is 0 Å². The van der Waals surface area contributed by atoms with Crippen molar-refractivity contribution in [2.45, 2.75) is 37.4 Å². The fraction of sp³-hybridized carbons (Fsp3) is 0.800. The van der Waals surface area contributed by atoms with E-state index < -0.39 is 0 Å². The molecule has 1 fully saturated rings. The van der Waals surface area contributed by atoms with E-state index >= 15 is 0 Å². The lowest BCUT2D eigenvalue weighted by Gasteiger charge is -2.05. The molecule has 1 aliphatic rings. The number of rotatable bonds is 6. The Kier molecular flexibility index (Phi) is 3.64. The molecule has 0 spiro atoms. The molecule has 0 N–H and O–H groups in total. The second-order valence-corrected chi connectivity index (χ2v) is 4.76. The van der Waals surface area contributed by atoms with E-state index in [9.17, 15) is 0 Å². The number of ether oxygens (including phenoxy) is 1. The van der Waals surface area contributed by atoms with Crippen LogP contribution in [0.3, 0.4) is 0 Å². The Morgan fingerprint density at radius 1 is 1.47 bits per heavy atom. The summed E-state index contributed by atoms with van der Waals surface area (Å²) in [5, 5.41) is 9.56. The van der Waals surface area contributed by atoms with Crippen LogP contribution in [0.1, 0.15) is 31.5 Å². The molecule has 15 heavy (non-hydrogen) atoms. The second-order valence-electron chi connectivity index (χ2n) is 3.70. The summed E-state index contributed by atoms with van der Waals surface area (Å²) in [6.45, 7) is 3.88. The maximum absolute atomic E-state index is 5.03. The first kappa shape index (κ1) is 11.0. The summed E-state index contributed by atoms with van der Waals surface area (Å²) < 4.78 is 7.26. The molecule has 0 aliphatic heterocycles. The Balaban J connectivity index is 2.02. The Labute approximate surface area is 94.4 Å². The predicted molar refractivity (Wildman–Crippen MR) is 60.3 cm³/mol. The molecule has 1 aromatic heterocycles. The molecule has 0 bridgehead atoms. The summed E-state index contributed by atoms with van der Waals surface area (Å²) in [7, 11) is 1.72. The van der Waals surface area contributed by atoms with E-state index in [1.54, 1.807) is 18.9 Å². The summed E-state index contributed by atoms with van der Waals surface area (Å²) in [6, 6.07) is 0. The zero-order valence-electron chi connectivity index (χ0n) is 9.27. The van der Waals surface area contributed by atoms with E-state index in [0.717, 1.165) is 24.1 Å². The lowest BCUT2D eigenvalue weighted by Crippen LogP contribution is -2.03. The van der Waals surface area contributed by atoms with Crippen LogP contribution in [-0.2, 0) is 11.3 Å². The molecule has 0 aromatic carbocycles. The summed E-state index contributed by atoms with van der Waals surface area (Å²) in [4.78, 5) is 0. The van der Waals surface area contributed by atoms with Gasteiger partial charge in [0.05, 0.1) is 6.61 Å². The lowest BCUT2D eigenvalue weighted by molar-refractivity contribution is 0.218. The zero-order valence-corrected chi connectivity index (χ0v) is 10.1. The molecule has 0 atom stereocenters. The molecule has 1 aromatic rings. The van der Waals surface area contributed by atoms with E-state index in [-0.39, 0.29) is 0 Å². The van der Waals surface area contributed by atoms with Crippen molar-refractivity contribution >= 4 is 11.8 Å². The van der Waals surface area contributed by atoms with E-state index in [1.165, 1.54) is 18.7 Å². The van der Waals surface area contributed by atoms with Gasteiger partial charge in [0.15, 0.2) is 5.16 Å². The van der Waals surface area contributed by atoms with Crippen LogP contribution in [0.25, 0.3) is 0 Å². The highest BCUT2D eigenvalue weighted by Crippen LogP contribution is 2.39. The molecule has 1 saturated carbocycles. The van der Waals surface area contributed by atoms with Gasteiger partial charge in [-0.05, 0) is 19.8 Å². The standard InChI is InChI=1S/C10H17N3OS/c1-3-13-9(8-4-5-8)11-12-10(13)15-7-6-14-2/h8H,3-7H2,1-2H3. The second kappa shape index (κ2) is 4.99. The number of aromatic nitrogens is 3. The lowest BCUT2D eigenvalue weighted by atomic mass is 10.4. The largest absolute Gasteiger partial charge is 0.384 e. The molecule has 0 saturated heterocycles. The Morgan fingerprint density at radius 3 is 2.87 bits per heavy atom. The Morgan fingerprint density at radius 2 is 2.27 bits per heavy atom. The van der Waals surface area contributed by atoms with E-state index in [0.29, 0.717) is 5.92 Å². The fourth-order valence-electron chi connectivity index (χ4n) is 1.56. The smallest absolute Gasteiger partial charge is 0.191 e. The molecule has 0 radical (unpaired) electrons. The molecular weight excluding hydrogens is 210 g/mol. The van der Waals surface area contributed by atoms with Crippen molar-refractivity contribution in [3.8, 4) is 0 Å². The van der Waals surface area contributed by atoms with Crippen LogP contribution < -0.4 is 0 Å². The quantitative estimate of drug-likeness (QED) is 0.550. The van der Waals surface area contributed by atoms with Gasteiger partial charge < -0.3 is 9.30 Å². The highest BCUT2D eigenvalue weighted by Gasteiger charge is 2.29. The highest BCUT2D eigenvalue weighted by molar-refractivity contribution is 7.99. The first-order chi connectivity index (χ1) is 7.36. The van der Waals surface area contributed by atoms with Gasteiger partial charge in [0.25, 0.3) is 0 Å². The zero-order chi connectivity index (χ0) is 10.7. The number of nitrogens with zero attached hydrogens (tertiary/aromatic N) is 3. The molecule has 84 valence electrons. The molecule has 1 aliphatic carbocycles. The molecule has 2 rings (SSSR count). The maximum Gasteiger partial charge on any atom is 0.191 e. The van der Waals surface area contributed by atoms with Crippen molar-refractivity contribution in [2.24, 2.45) is 0 Å². The Hall–Kier alpha value is -0.550. The predicted octanol–water partition coefficient (Wildman–Crippen LogP) is 1.91. The van der Waals surface area contributed by atoms with Gasteiger partial charge in [0.1, 0.15) is 5.82 Å². The number of methoxy groups -OCH3 is 1. The van der Waals surface area contributed by atoms with Crippen LogP contribution in [0, 0.1) is 0 Å². The maximum atomic E-state index is 5.03. The first-order valence-corrected chi connectivity index (χ1v) is 6.40. The van der Waals surface area contributed by atoms with E-state index in [4.69, 9.17) is 4.74 Å². The van der Waals surface area contributed by atoms with Crippen molar-refractivity contribution in [3.05, 3.63) is 5.82 Å². The van der Waals surface area contributed by atoms with Gasteiger partial charge in [-0.2, -0.15) is 0 Å². The van der Waals surface area contributed by atoms with Crippen LogP contribution >= 0.6 is 11.8 Å². The van der Waals surface area contributed by atoms with Gasteiger partial charge in [0.2, 0.25) is 0 Å². The number of thioether (sulfide) groups is 1. The third kappa shape index (κ3) is 2.52. The SMILES string of the molecule is CCn1c(SCCOC)nnc1C1CC1. The Bertz CT molecular complexity index is 322. The summed E-state index contributed by atoms with van der Waals surface area (Å²) in [6.07, 6.45) is 2.56. The fourth-order valence-corrected chi connectivity index (χ4v) is 2.47. The minimum atomic E-state index is 0.675. The summed E-state index contributed by atoms with van der Waals surface area (Å²) >= 11 is 1.73. The summed E-state index contributed by atoms with van der Waals surface area (Å²) in [5.74, 6) is 2.80. The normalized spacial score (nSPS) is 15.9. The number of hydrogen-bond donors (Lipinski definition) is 0. The van der Waals surface area contributed by atoms with Crippen molar-refractivity contribution in [2.75, 3.05) is 19.5 Å². The number of hydrogen-bond acceptors (Lipinski definition) is 4. The first-order valence-electron chi connectivity index (χ1n) is 5.41. The minimum absolute atomic E-state index is 0.675. The minimum Gasteiger partial charge on any atom is -0.384 e.